The van der Waals surface area contributed by atoms with Crippen LogP contribution in [0.2, 0.25) is 0 Å². The van der Waals surface area contributed by atoms with E-state index in [4.69, 9.17) is 0 Å². The Labute approximate surface area is 85.3 Å². The average molecular weight is 211 g/mol. The van der Waals surface area contributed by atoms with Gasteiger partial charge in [0.05, 0.1) is 10.8 Å². The molecule has 6 heteroatoms. The third-order valence-electron chi connectivity index (χ3n) is 2.02. The number of rotatable bonds is 2. The molecule has 1 fully saturated rings. The van der Waals surface area contributed by atoms with E-state index < -0.39 is 4.92 Å². The van der Waals surface area contributed by atoms with Crippen LogP contribution in [0.25, 0.3) is 0 Å². The number of hydrogen-bond donors (Lipinski definition) is 0. The molecule has 0 atom stereocenters. The van der Waals surface area contributed by atoms with Gasteiger partial charge >= 0.3 is 0 Å². The topological polar surface area (TPSA) is 59.3 Å². The van der Waals surface area contributed by atoms with Crippen molar-refractivity contribution in [1.82, 2.24) is 4.98 Å². The lowest BCUT2D eigenvalue weighted by molar-refractivity contribution is -0.385. The zero-order valence-corrected chi connectivity index (χ0v) is 8.24. The van der Waals surface area contributed by atoms with Gasteiger partial charge in [0.2, 0.25) is 0 Å². The maximum Gasteiger partial charge on any atom is 0.287 e. The molecule has 1 aliphatic rings. The van der Waals surface area contributed by atoms with E-state index in [1.165, 1.54) is 12.3 Å². The number of hydrogen-bond acceptors (Lipinski definition) is 5. The molecular formula is C8H9N3O2S. The van der Waals surface area contributed by atoms with E-state index in [1.807, 2.05) is 11.8 Å². The van der Waals surface area contributed by atoms with Crippen molar-refractivity contribution in [3.8, 4) is 0 Å². The average Bonchev–Trinajstić information content (AvgIpc) is 2.71. The lowest BCUT2D eigenvalue weighted by Crippen LogP contribution is -2.18. The Morgan fingerprint density at radius 3 is 2.93 bits per heavy atom. The predicted octanol–water partition coefficient (Wildman–Crippen LogP) is 1.50. The Balaban J connectivity index is 2.16. The molecule has 1 aliphatic heterocycles. The molecule has 1 saturated heterocycles. The monoisotopic (exact) mass is 211 g/mol. The molecule has 2 heterocycles. The summed E-state index contributed by atoms with van der Waals surface area (Å²) < 4.78 is 0. The second kappa shape index (κ2) is 3.83. The molecule has 14 heavy (non-hydrogen) atoms. The van der Waals surface area contributed by atoms with E-state index >= 15 is 0 Å². The Hall–Kier alpha value is -1.30. The minimum atomic E-state index is -0.435. The van der Waals surface area contributed by atoms with Crippen LogP contribution >= 0.6 is 11.8 Å². The van der Waals surface area contributed by atoms with Gasteiger partial charge in [-0.2, -0.15) is 0 Å². The largest absolute Gasteiger partial charge is 0.347 e. The second-order valence-corrected chi connectivity index (χ2v) is 4.01. The molecule has 0 saturated carbocycles. The smallest absolute Gasteiger partial charge is 0.287 e. The van der Waals surface area contributed by atoms with Crippen molar-refractivity contribution in [2.75, 3.05) is 23.1 Å². The second-order valence-electron chi connectivity index (χ2n) is 2.93. The summed E-state index contributed by atoms with van der Waals surface area (Å²) in [5.74, 6) is 2.84. The first-order valence-electron chi connectivity index (χ1n) is 4.20. The molecule has 0 N–H and O–H groups in total. The summed E-state index contributed by atoms with van der Waals surface area (Å²) in [6.07, 6.45) is 1.30. The fourth-order valence-corrected chi connectivity index (χ4v) is 2.23. The first kappa shape index (κ1) is 9.26. The van der Waals surface area contributed by atoms with Gasteiger partial charge in [-0.25, -0.2) is 4.98 Å². The summed E-state index contributed by atoms with van der Waals surface area (Å²) in [4.78, 5) is 16.1. The molecule has 1 aromatic heterocycles. The highest BCUT2D eigenvalue weighted by atomic mass is 32.2. The number of thioether (sulfide) groups is 1. The minimum Gasteiger partial charge on any atom is -0.347 e. The Bertz CT molecular complexity index is 335. The van der Waals surface area contributed by atoms with Crippen molar-refractivity contribution >= 4 is 23.3 Å². The highest BCUT2D eigenvalue weighted by Gasteiger charge is 2.14. The summed E-state index contributed by atoms with van der Waals surface area (Å²) in [6.45, 7) is 0.968. The van der Waals surface area contributed by atoms with Gasteiger partial charge in [-0.3, -0.25) is 10.1 Å². The zero-order chi connectivity index (χ0) is 9.97. The molecule has 1 aromatic rings. The van der Waals surface area contributed by atoms with E-state index in [0.29, 0.717) is 0 Å². The van der Waals surface area contributed by atoms with Gasteiger partial charge in [0.1, 0.15) is 12.0 Å². The molecule has 0 spiro atoms. The van der Waals surface area contributed by atoms with Crippen LogP contribution in [-0.4, -0.2) is 28.1 Å². The van der Waals surface area contributed by atoms with Gasteiger partial charge in [0.25, 0.3) is 5.69 Å². The Morgan fingerprint density at radius 1 is 1.57 bits per heavy atom. The fourth-order valence-electron chi connectivity index (χ4n) is 1.27. The van der Waals surface area contributed by atoms with Crippen molar-refractivity contribution in [3.63, 3.8) is 0 Å². The van der Waals surface area contributed by atoms with Crippen molar-refractivity contribution in [3.05, 3.63) is 28.4 Å². The molecular weight excluding hydrogens is 202 g/mol. The van der Waals surface area contributed by atoms with Crippen molar-refractivity contribution in [1.29, 1.82) is 0 Å². The Kier molecular flexibility index (Phi) is 2.53. The summed E-state index contributed by atoms with van der Waals surface area (Å²) in [7, 11) is 0. The van der Waals surface area contributed by atoms with Crippen LogP contribution in [0, 0.1) is 10.1 Å². The molecule has 2 rings (SSSR count). The van der Waals surface area contributed by atoms with Crippen LogP contribution in [0.1, 0.15) is 0 Å². The molecule has 0 unspecified atom stereocenters. The van der Waals surface area contributed by atoms with E-state index in [1.54, 1.807) is 6.07 Å². The van der Waals surface area contributed by atoms with Gasteiger partial charge in [0.15, 0.2) is 0 Å². The lowest BCUT2D eigenvalue weighted by Gasteiger charge is -2.14. The van der Waals surface area contributed by atoms with Gasteiger partial charge < -0.3 is 4.90 Å². The summed E-state index contributed by atoms with van der Waals surface area (Å²) >= 11 is 1.84. The van der Waals surface area contributed by atoms with Crippen LogP contribution in [0.3, 0.4) is 0 Å². The molecule has 0 bridgehead atoms. The van der Waals surface area contributed by atoms with Crippen molar-refractivity contribution < 1.29 is 4.92 Å². The molecule has 0 radical (unpaired) electrons. The third kappa shape index (κ3) is 1.79. The van der Waals surface area contributed by atoms with Crippen molar-refractivity contribution in [2.24, 2.45) is 0 Å². The number of anilines is 1. The molecule has 0 amide bonds. The van der Waals surface area contributed by atoms with Crippen LogP contribution in [0.4, 0.5) is 11.5 Å². The van der Waals surface area contributed by atoms with Crippen LogP contribution < -0.4 is 4.90 Å². The number of pyridine rings is 1. The van der Waals surface area contributed by atoms with E-state index in [0.717, 1.165) is 24.0 Å². The van der Waals surface area contributed by atoms with Crippen LogP contribution in [0.5, 0.6) is 0 Å². The highest BCUT2D eigenvalue weighted by molar-refractivity contribution is 7.99. The summed E-state index contributed by atoms with van der Waals surface area (Å²) in [5, 5.41) is 10.4. The van der Waals surface area contributed by atoms with Crippen molar-refractivity contribution in [2.45, 2.75) is 0 Å². The van der Waals surface area contributed by atoms with Gasteiger partial charge in [0, 0.05) is 18.4 Å². The SMILES string of the molecule is O=[N+]([O-])c1ccc(N2CCSC2)nc1. The highest BCUT2D eigenvalue weighted by Crippen LogP contribution is 2.21. The molecule has 74 valence electrons. The van der Waals surface area contributed by atoms with Gasteiger partial charge in [-0.15, -0.1) is 11.8 Å². The third-order valence-corrected chi connectivity index (χ3v) is 2.99. The number of nitrogens with zero attached hydrogens (tertiary/aromatic N) is 3. The quantitative estimate of drug-likeness (QED) is 0.548. The number of nitro groups is 1. The standard InChI is InChI=1S/C8H9N3O2S/c12-11(13)7-1-2-8(9-5-7)10-3-4-14-6-10/h1-2,5H,3-4,6H2. The lowest BCUT2D eigenvalue weighted by atomic mass is 10.4. The van der Waals surface area contributed by atoms with Crippen LogP contribution in [0.15, 0.2) is 18.3 Å². The Morgan fingerprint density at radius 2 is 2.43 bits per heavy atom. The molecule has 0 aliphatic carbocycles. The zero-order valence-electron chi connectivity index (χ0n) is 7.42. The predicted molar refractivity (Wildman–Crippen MR) is 55.6 cm³/mol. The first-order valence-corrected chi connectivity index (χ1v) is 5.36. The van der Waals surface area contributed by atoms with Crippen LogP contribution in [-0.2, 0) is 0 Å². The molecule has 0 aromatic carbocycles. The van der Waals surface area contributed by atoms with E-state index in [-0.39, 0.29) is 5.69 Å². The van der Waals surface area contributed by atoms with Gasteiger partial charge in [-0.05, 0) is 6.07 Å². The summed E-state index contributed by atoms with van der Waals surface area (Å²) in [5.41, 5.74) is 0.0422. The van der Waals surface area contributed by atoms with E-state index in [2.05, 4.69) is 9.88 Å². The normalized spacial score (nSPS) is 15.9. The first-order chi connectivity index (χ1) is 6.77. The fraction of sp³-hybridized carbons (Fsp3) is 0.375. The summed E-state index contributed by atoms with van der Waals surface area (Å²) in [6, 6.07) is 3.19. The minimum absolute atomic E-state index is 0.0422. The maximum atomic E-state index is 10.4. The molecule has 5 nitrogen and oxygen atoms in total. The number of aromatic nitrogens is 1. The van der Waals surface area contributed by atoms with E-state index in [9.17, 15) is 10.1 Å². The maximum absolute atomic E-state index is 10.4. The van der Waals surface area contributed by atoms with Gasteiger partial charge in [-0.1, -0.05) is 0 Å².